The fraction of sp³-hybridized carbons (Fsp3) is 0.500. The van der Waals surface area contributed by atoms with E-state index in [-0.39, 0.29) is 15.5 Å². The van der Waals surface area contributed by atoms with Gasteiger partial charge in [-0.2, -0.15) is 0 Å². The molecule has 0 spiro atoms. The predicted molar refractivity (Wildman–Crippen MR) is 147 cm³/mol. The van der Waals surface area contributed by atoms with E-state index in [1.165, 1.54) is 0 Å². The maximum atomic E-state index is 12.9. The zero-order chi connectivity index (χ0) is 26.5. The molecule has 7 nitrogen and oxygen atoms in total. The zero-order valence-electron chi connectivity index (χ0n) is 21.8. The summed E-state index contributed by atoms with van der Waals surface area (Å²) in [5.74, 6) is 1.36. The summed E-state index contributed by atoms with van der Waals surface area (Å²) in [6.45, 7) is 5.24. The minimum absolute atomic E-state index is 0.247. The molecule has 0 radical (unpaired) electrons. The van der Waals surface area contributed by atoms with Gasteiger partial charge in [-0.25, -0.2) is 21.1 Å². The lowest BCUT2D eigenvalue weighted by molar-refractivity contribution is 0.106. The SMILES string of the molecule is CCCS(=O)(=O)N1CCC(N2CCC(/C=C/c3ccc(S(=O)(=O)c4ccc(OC)cc4)cc3)CC2)CC1. The van der Waals surface area contributed by atoms with Crippen LogP contribution < -0.4 is 4.74 Å². The Bertz CT molecular complexity index is 1260. The Balaban J connectivity index is 1.27. The lowest BCUT2D eigenvalue weighted by atomic mass is 9.93. The number of sulfonamides is 1. The molecular weight excluding hydrogens is 508 g/mol. The molecule has 0 unspecified atom stereocenters. The molecule has 0 aliphatic carbocycles. The first-order valence-corrected chi connectivity index (χ1v) is 16.2. The highest BCUT2D eigenvalue weighted by molar-refractivity contribution is 7.91. The Labute approximate surface area is 222 Å². The molecule has 0 bridgehead atoms. The zero-order valence-corrected chi connectivity index (χ0v) is 23.4. The fourth-order valence-electron chi connectivity index (χ4n) is 5.25. The average molecular weight is 547 g/mol. The average Bonchev–Trinajstić information content (AvgIpc) is 2.92. The van der Waals surface area contributed by atoms with Crippen molar-refractivity contribution in [3.05, 3.63) is 60.2 Å². The molecule has 0 amide bonds. The molecule has 0 atom stereocenters. The quantitative estimate of drug-likeness (QED) is 0.462. The molecule has 2 fully saturated rings. The summed E-state index contributed by atoms with van der Waals surface area (Å²) in [7, 11) is -5.11. The topological polar surface area (TPSA) is 84.0 Å². The van der Waals surface area contributed by atoms with Crippen LogP contribution in [0, 0.1) is 5.92 Å². The van der Waals surface area contributed by atoms with Crippen molar-refractivity contribution in [2.45, 2.75) is 54.9 Å². The van der Waals surface area contributed by atoms with Gasteiger partial charge in [-0.3, -0.25) is 0 Å². The lowest BCUT2D eigenvalue weighted by Crippen LogP contribution is -2.49. The third-order valence-electron chi connectivity index (χ3n) is 7.49. The maximum absolute atomic E-state index is 12.9. The Hall–Kier alpha value is -2.20. The van der Waals surface area contributed by atoms with Crippen LogP contribution in [-0.2, 0) is 19.9 Å². The standard InChI is InChI=1S/C28H38N2O5S2/c1-3-22-36(31,32)30-20-16-25(17-21-30)29-18-14-24(15-19-29)5-4-23-6-10-27(11-7-23)37(33,34)28-12-8-26(35-2)9-13-28/h4-13,24-25H,3,14-22H2,1-2H3/b5-4+. The van der Waals surface area contributed by atoms with Crippen LogP contribution in [0.1, 0.15) is 44.6 Å². The second-order valence-corrected chi connectivity index (χ2v) is 14.0. The molecule has 0 aromatic heterocycles. The third kappa shape index (κ3) is 6.82. The number of methoxy groups -OCH3 is 1. The maximum Gasteiger partial charge on any atom is 0.214 e. The number of allylic oxidation sites excluding steroid dienone is 1. The van der Waals surface area contributed by atoms with Crippen molar-refractivity contribution < 1.29 is 21.6 Å². The molecular formula is C28H38N2O5S2. The molecule has 2 aromatic carbocycles. The van der Waals surface area contributed by atoms with Gasteiger partial charge in [-0.1, -0.05) is 31.2 Å². The number of hydrogen-bond donors (Lipinski definition) is 0. The fourth-order valence-corrected chi connectivity index (χ4v) is 8.05. The van der Waals surface area contributed by atoms with E-state index in [4.69, 9.17) is 4.74 Å². The van der Waals surface area contributed by atoms with Crippen LogP contribution in [0.25, 0.3) is 6.08 Å². The van der Waals surface area contributed by atoms with E-state index in [1.807, 2.05) is 19.1 Å². The third-order valence-corrected chi connectivity index (χ3v) is 11.4. The van der Waals surface area contributed by atoms with E-state index in [1.54, 1.807) is 47.8 Å². The van der Waals surface area contributed by atoms with Gasteiger partial charge >= 0.3 is 0 Å². The lowest BCUT2D eigenvalue weighted by Gasteiger charge is -2.41. The van der Waals surface area contributed by atoms with E-state index < -0.39 is 19.9 Å². The van der Waals surface area contributed by atoms with Crippen molar-refractivity contribution in [1.82, 2.24) is 9.21 Å². The van der Waals surface area contributed by atoms with Crippen LogP contribution in [-0.4, -0.2) is 71.1 Å². The molecule has 9 heteroatoms. The number of rotatable bonds is 9. The van der Waals surface area contributed by atoms with Crippen LogP contribution in [0.15, 0.2) is 64.4 Å². The van der Waals surface area contributed by atoms with E-state index in [0.29, 0.717) is 37.2 Å². The largest absolute Gasteiger partial charge is 0.497 e. The van der Waals surface area contributed by atoms with Crippen molar-refractivity contribution in [2.24, 2.45) is 5.92 Å². The van der Waals surface area contributed by atoms with Gasteiger partial charge in [0, 0.05) is 19.1 Å². The monoisotopic (exact) mass is 546 g/mol. The van der Waals surface area contributed by atoms with E-state index in [0.717, 1.165) is 44.3 Å². The number of sulfone groups is 1. The molecule has 2 saturated heterocycles. The second-order valence-electron chi connectivity index (χ2n) is 9.93. The minimum Gasteiger partial charge on any atom is -0.497 e. The van der Waals surface area contributed by atoms with Crippen molar-refractivity contribution >= 4 is 25.9 Å². The molecule has 2 heterocycles. The highest BCUT2D eigenvalue weighted by Crippen LogP contribution is 2.27. The van der Waals surface area contributed by atoms with Gasteiger partial charge < -0.3 is 9.64 Å². The van der Waals surface area contributed by atoms with Gasteiger partial charge in [0.1, 0.15) is 5.75 Å². The van der Waals surface area contributed by atoms with Gasteiger partial charge in [0.2, 0.25) is 19.9 Å². The summed E-state index contributed by atoms with van der Waals surface area (Å²) in [4.78, 5) is 3.06. The van der Waals surface area contributed by atoms with Crippen molar-refractivity contribution in [1.29, 1.82) is 0 Å². The molecule has 2 aliphatic heterocycles. The summed E-state index contributed by atoms with van der Waals surface area (Å²) < 4.78 is 57.3. The van der Waals surface area contributed by atoms with Crippen molar-refractivity contribution in [2.75, 3.05) is 39.0 Å². The molecule has 4 rings (SSSR count). The summed E-state index contributed by atoms with van der Waals surface area (Å²) in [6.07, 6.45) is 8.97. The molecule has 202 valence electrons. The molecule has 2 aliphatic rings. The highest BCUT2D eigenvalue weighted by Gasteiger charge is 2.31. The minimum atomic E-state index is -3.57. The Morgan fingerprint density at radius 3 is 1.95 bits per heavy atom. The normalized spacial score (nSPS) is 19.4. The van der Waals surface area contributed by atoms with Crippen LogP contribution in [0.2, 0.25) is 0 Å². The van der Waals surface area contributed by atoms with Crippen molar-refractivity contribution in [3.8, 4) is 5.75 Å². The number of piperidine rings is 2. The van der Waals surface area contributed by atoms with Crippen LogP contribution >= 0.6 is 0 Å². The van der Waals surface area contributed by atoms with E-state index in [2.05, 4.69) is 17.1 Å². The summed E-state index contributed by atoms with van der Waals surface area (Å²) in [6, 6.07) is 13.9. The predicted octanol–water partition coefficient (Wildman–Crippen LogP) is 4.46. The van der Waals surface area contributed by atoms with Gasteiger partial charge in [-0.05, 0) is 93.1 Å². The second kappa shape index (κ2) is 12.1. The first kappa shape index (κ1) is 27.8. The van der Waals surface area contributed by atoms with Crippen LogP contribution in [0.5, 0.6) is 5.75 Å². The smallest absolute Gasteiger partial charge is 0.214 e. The number of hydrogen-bond acceptors (Lipinski definition) is 6. The van der Waals surface area contributed by atoms with Gasteiger partial charge in [-0.15, -0.1) is 0 Å². The number of nitrogens with zero attached hydrogens (tertiary/aromatic N) is 2. The molecule has 37 heavy (non-hydrogen) atoms. The van der Waals surface area contributed by atoms with E-state index >= 15 is 0 Å². The van der Waals surface area contributed by atoms with Gasteiger partial charge in [0.25, 0.3) is 0 Å². The Kier molecular flexibility index (Phi) is 9.11. The van der Waals surface area contributed by atoms with Crippen molar-refractivity contribution in [3.63, 3.8) is 0 Å². The Morgan fingerprint density at radius 2 is 1.41 bits per heavy atom. The summed E-state index contributed by atoms with van der Waals surface area (Å²) >= 11 is 0. The Morgan fingerprint density at radius 1 is 0.838 bits per heavy atom. The van der Waals surface area contributed by atoms with Gasteiger partial charge in [0.15, 0.2) is 0 Å². The van der Waals surface area contributed by atoms with Crippen LogP contribution in [0.4, 0.5) is 0 Å². The molecule has 0 N–H and O–H groups in total. The first-order chi connectivity index (χ1) is 17.7. The van der Waals surface area contributed by atoms with Gasteiger partial charge in [0.05, 0.1) is 22.7 Å². The number of likely N-dealkylation sites (tertiary alicyclic amines) is 1. The highest BCUT2D eigenvalue weighted by atomic mass is 32.2. The first-order valence-electron chi connectivity index (χ1n) is 13.1. The summed E-state index contributed by atoms with van der Waals surface area (Å²) in [5, 5.41) is 0. The molecule has 0 saturated carbocycles. The van der Waals surface area contributed by atoms with Crippen LogP contribution in [0.3, 0.4) is 0 Å². The van der Waals surface area contributed by atoms with E-state index in [9.17, 15) is 16.8 Å². The number of benzene rings is 2. The summed E-state index contributed by atoms with van der Waals surface area (Å²) in [5.41, 5.74) is 0.983. The molecule has 2 aromatic rings. The number of ether oxygens (including phenoxy) is 1.